The van der Waals surface area contributed by atoms with Crippen LogP contribution in [-0.2, 0) is 0 Å². The summed E-state index contributed by atoms with van der Waals surface area (Å²) in [5.41, 5.74) is 0. The molecule has 0 aliphatic rings. The van der Waals surface area contributed by atoms with E-state index in [-0.39, 0.29) is 5.88 Å². The molecule has 0 radical (unpaired) electrons. The smallest absolute Gasteiger partial charge is 0.121 e. The number of hydrogen-bond acceptors (Lipinski definition) is 0. The molecule has 0 heterocycles. The third-order valence-corrected chi connectivity index (χ3v) is 1.94. The molecule has 4 heteroatoms. The Morgan fingerprint density at radius 1 is 1.50 bits per heavy atom. The molecule has 0 nitrogen and oxygen atoms in total. The van der Waals surface area contributed by atoms with Gasteiger partial charge < -0.3 is 0 Å². The molecule has 0 aromatic rings. The highest BCUT2D eigenvalue weighted by atomic mass is 35.5. The average Bonchev–Trinajstić information content (AvgIpc) is 1.87. The summed E-state index contributed by atoms with van der Waals surface area (Å²) in [5, 5.41) is 0.409. The van der Waals surface area contributed by atoms with Gasteiger partial charge in [-0.1, -0.05) is 47.5 Å². The second-order valence-electron chi connectivity index (χ2n) is 1.60. The Bertz CT molecular complexity index is 148. The Hall–Kier alpha value is 0.640. The van der Waals surface area contributed by atoms with Gasteiger partial charge in [0.1, 0.15) is 0 Å². The fourth-order valence-corrected chi connectivity index (χ4v) is 0.931. The van der Waals surface area contributed by atoms with E-state index in [1.165, 1.54) is 12.2 Å². The lowest BCUT2D eigenvalue weighted by molar-refractivity contribution is 1.26. The number of alkyl halides is 3. The van der Waals surface area contributed by atoms with Crippen molar-refractivity contribution in [1.29, 1.82) is 0 Å². The van der Waals surface area contributed by atoms with E-state index in [0.29, 0.717) is 5.03 Å². The van der Waals surface area contributed by atoms with E-state index < -0.39 is 4.33 Å². The van der Waals surface area contributed by atoms with Crippen LogP contribution in [-0.4, -0.2) is 10.2 Å². The molecule has 10 heavy (non-hydrogen) atoms. The zero-order valence-electron chi connectivity index (χ0n) is 5.08. The molecule has 0 spiro atoms. The summed E-state index contributed by atoms with van der Waals surface area (Å²) >= 11 is 22.1. The molecule has 0 atom stereocenters. The minimum atomic E-state index is -1.11. The predicted molar refractivity (Wildman–Crippen MR) is 49.3 cm³/mol. The molecule has 0 rings (SSSR count). The highest BCUT2D eigenvalue weighted by Crippen LogP contribution is 2.26. The maximum absolute atomic E-state index is 5.62. The average molecular weight is 220 g/mol. The van der Waals surface area contributed by atoms with E-state index in [1.54, 1.807) is 0 Å². The van der Waals surface area contributed by atoms with E-state index in [4.69, 9.17) is 46.4 Å². The summed E-state index contributed by atoms with van der Waals surface area (Å²) in [6.45, 7) is 3.41. The van der Waals surface area contributed by atoms with Gasteiger partial charge in [-0.3, -0.25) is 0 Å². The molecule has 0 aliphatic heterocycles. The first-order chi connectivity index (χ1) is 4.52. The zero-order chi connectivity index (χ0) is 8.20. The lowest BCUT2D eigenvalue weighted by atomic mass is 10.3. The molecule has 58 valence electrons. The quantitative estimate of drug-likeness (QED) is 0.502. The van der Waals surface area contributed by atoms with Crippen molar-refractivity contribution in [3.63, 3.8) is 0 Å². The van der Waals surface area contributed by atoms with Gasteiger partial charge in [0.15, 0.2) is 4.33 Å². The first-order valence-corrected chi connectivity index (χ1v) is 4.13. The van der Waals surface area contributed by atoms with E-state index in [1.807, 2.05) is 0 Å². The molecule has 0 bridgehead atoms. The standard InChI is InChI=1S/C6H6Cl4/c1-2-6(9,10)3-5(8)4-7/h2-3H,1,4H2. The summed E-state index contributed by atoms with van der Waals surface area (Å²) in [4.78, 5) is 0. The summed E-state index contributed by atoms with van der Waals surface area (Å²) in [5.74, 6) is 0.205. The minimum absolute atomic E-state index is 0.205. The molecule has 0 aromatic heterocycles. The van der Waals surface area contributed by atoms with Crippen LogP contribution in [0.1, 0.15) is 0 Å². The highest BCUT2D eigenvalue weighted by Gasteiger charge is 2.15. The Morgan fingerprint density at radius 3 is 2.30 bits per heavy atom. The highest BCUT2D eigenvalue weighted by molar-refractivity contribution is 6.52. The van der Waals surface area contributed by atoms with Crippen LogP contribution >= 0.6 is 46.4 Å². The maximum atomic E-state index is 5.62. The molecule has 0 saturated carbocycles. The van der Waals surface area contributed by atoms with Crippen LogP contribution in [0.25, 0.3) is 0 Å². The normalized spacial score (nSPS) is 13.4. The second kappa shape index (κ2) is 4.50. The van der Waals surface area contributed by atoms with Gasteiger partial charge in [0.05, 0.1) is 5.88 Å². The SMILES string of the molecule is C=CC(Cl)(Cl)C=C(Cl)CCl. The van der Waals surface area contributed by atoms with Gasteiger partial charge in [-0.05, 0) is 6.08 Å². The summed E-state index contributed by atoms with van der Waals surface area (Å²) < 4.78 is -1.11. The summed E-state index contributed by atoms with van der Waals surface area (Å²) in [6, 6.07) is 0. The zero-order valence-corrected chi connectivity index (χ0v) is 8.10. The van der Waals surface area contributed by atoms with E-state index in [9.17, 15) is 0 Å². The summed E-state index contributed by atoms with van der Waals surface area (Å²) in [6.07, 6.45) is 2.79. The van der Waals surface area contributed by atoms with Crippen molar-refractivity contribution in [2.75, 3.05) is 5.88 Å². The Morgan fingerprint density at radius 2 is 2.00 bits per heavy atom. The Labute approximate surface area is 80.4 Å². The van der Waals surface area contributed by atoms with Gasteiger partial charge in [-0.25, -0.2) is 0 Å². The van der Waals surface area contributed by atoms with Gasteiger partial charge in [-0.2, -0.15) is 0 Å². The summed E-state index contributed by atoms with van der Waals surface area (Å²) in [7, 11) is 0. The molecule has 0 N–H and O–H groups in total. The van der Waals surface area contributed by atoms with Gasteiger partial charge in [0, 0.05) is 5.03 Å². The van der Waals surface area contributed by atoms with Crippen molar-refractivity contribution < 1.29 is 0 Å². The maximum Gasteiger partial charge on any atom is 0.155 e. The van der Waals surface area contributed by atoms with Crippen molar-refractivity contribution in [2.45, 2.75) is 4.33 Å². The van der Waals surface area contributed by atoms with Crippen LogP contribution in [0.5, 0.6) is 0 Å². The van der Waals surface area contributed by atoms with Gasteiger partial charge in [-0.15, -0.1) is 11.6 Å². The molecule has 0 aromatic carbocycles. The molecular formula is C6H6Cl4. The van der Waals surface area contributed by atoms with Crippen LogP contribution in [0, 0.1) is 0 Å². The first-order valence-electron chi connectivity index (χ1n) is 2.46. The van der Waals surface area contributed by atoms with Crippen LogP contribution < -0.4 is 0 Å². The van der Waals surface area contributed by atoms with Crippen molar-refractivity contribution in [2.24, 2.45) is 0 Å². The molecule has 0 amide bonds. The van der Waals surface area contributed by atoms with E-state index in [2.05, 4.69) is 6.58 Å². The van der Waals surface area contributed by atoms with Gasteiger partial charge in [0.25, 0.3) is 0 Å². The van der Waals surface area contributed by atoms with Crippen LogP contribution in [0.4, 0.5) is 0 Å². The molecule has 0 aliphatic carbocycles. The molecular weight excluding hydrogens is 214 g/mol. The fraction of sp³-hybridized carbons (Fsp3) is 0.333. The van der Waals surface area contributed by atoms with Crippen molar-refractivity contribution in [3.05, 3.63) is 23.8 Å². The Kier molecular flexibility index (Phi) is 4.79. The number of allylic oxidation sites excluding steroid dienone is 3. The molecule has 0 fully saturated rings. The number of rotatable bonds is 3. The van der Waals surface area contributed by atoms with Crippen LogP contribution in [0.3, 0.4) is 0 Å². The molecule has 0 unspecified atom stereocenters. The van der Waals surface area contributed by atoms with Crippen molar-refractivity contribution in [1.82, 2.24) is 0 Å². The predicted octanol–water partition coefficient (Wildman–Crippen LogP) is 3.71. The topological polar surface area (TPSA) is 0 Å². The monoisotopic (exact) mass is 218 g/mol. The van der Waals surface area contributed by atoms with E-state index in [0.717, 1.165) is 0 Å². The third kappa shape index (κ3) is 4.45. The van der Waals surface area contributed by atoms with E-state index >= 15 is 0 Å². The lowest BCUT2D eigenvalue weighted by Crippen LogP contribution is -2.03. The fourth-order valence-electron chi connectivity index (χ4n) is 0.306. The van der Waals surface area contributed by atoms with Crippen LogP contribution in [0.15, 0.2) is 23.8 Å². The second-order valence-corrected chi connectivity index (χ2v) is 3.80. The third-order valence-electron chi connectivity index (χ3n) is 0.749. The lowest BCUT2D eigenvalue weighted by Gasteiger charge is -2.07. The van der Waals surface area contributed by atoms with Crippen molar-refractivity contribution >= 4 is 46.4 Å². The van der Waals surface area contributed by atoms with Crippen molar-refractivity contribution in [3.8, 4) is 0 Å². The van der Waals surface area contributed by atoms with Gasteiger partial charge in [0.2, 0.25) is 0 Å². The molecule has 0 saturated heterocycles. The Balaban J connectivity index is 4.22. The number of halogens is 4. The van der Waals surface area contributed by atoms with Gasteiger partial charge >= 0.3 is 0 Å². The minimum Gasteiger partial charge on any atom is -0.121 e. The van der Waals surface area contributed by atoms with Crippen LogP contribution in [0.2, 0.25) is 0 Å². The largest absolute Gasteiger partial charge is 0.155 e. The number of hydrogen-bond donors (Lipinski definition) is 0. The first kappa shape index (κ1) is 10.6.